The summed E-state index contributed by atoms with van der Waals surface area (Å²) in [6, 6.07) is 9.78. The number of rotatable bonds is 6. The minimum Gasteiger partial charge on any atom is -0.472 e. The Morgan fingerprint density at radius 3 is 2.64 bits per heavy atom. The minimum absolute atomic E-state index is 0.0234. The van der Waals surface area contributed by atoms with E-state index in [2.05, 4.69) is 21.8 Å². The van der Waals surface area contributed by atoms with Crippen molar-refractivity contribution in [2.24, 2.45) is 5.92 Å². The zero-order valence-electron chi connectivity index (χ0n) is 21.8. The van der Waals surface area contributed by atoms with Gasteiger partial charge in [-0.2, -0.15) is 4.31 Å². The lowest BCUT2D eigenvalue weighted by atomic mass is 10.0. The molecule has 4 rings (SSSR count). The van der Waals surface area contributed by atoms with E-state index in [4.69, 9.17) is 4.74 Å². The van der Waals surface area contributed by atoms with Crippen molar-refractivity contribution in [2.75, 3.05) is 26.7 Å². The van der Waals surface area contributed by atoms with Crippen molar-refractivity contribution in [3.05, 3.63) is 83.6 Å². The lowest BCUT2D eigenvalue weighted by molar-refractivity contribution is 0.0373. The van der Waals surface area contributed by atoms with E-state index in [0.717, 1.165) is 10.4 Å². The summed E-state index contributed by atoms with van der Waals surface area (Å²) in [6.45, 7) is 3.32. The second-order valence-electron chi connectivity index (χ2n) is 9.41. The van der Waals surface area contributed by atoms with Crippen LogP contribution in [0.15, 0.2) is 66.0 Å². The highest BCUT2D eigenvalue weighted by molar-refractivity contribution is 7.89. The Bertz CT molecular complexity index is 1510. The lowest BCUT2D eigenvalue weighted by Gasteiger charge is -2.37. The summed E-state index contributed by atoms with van der Waals surface area (Å²) in [4.78, 5) is 23.0. The van der Waals surface area contributed by atoms with Gasteiger partial charge in [0.05, 0.1) is 19.2 Å². The van der Waals surface area contributed by atoms with Gasteiger partial charge < -0.3 is 14.7 Å². The molecule has 0 saturated carbocycles. The molecule has 3 aromatic rings. The van der Waals surface area contributed by atoms with E-state index >= 15 is 0 Å². The molecule has 1 aliphatic heterocycles. The average Bonchev–Trinajstić information content (AvgIpc) is 2.94. The summed E-state index contributed by atoms with van der Waals surface area (Å²) in [5.41, 5.74) is 1.30. The van der Waals surface area contributed by atoms with Gasteiger partial charge in [0.2, 0.25) is 15.9 Å². The van der Waals surface area contributed by atoms with Crippen molar-refractivity contribution < 1.29 is 27.4 Å². The molecule has 0 aliphatic carbocycles. The van der Waals surface area contributed by atoms with Crippen molar-refractivity contribution in [3.8, 4) is 17.7 Å². The van der Waals surface area contributed by atoms with Crippen LogP contribution in [0.25, 0.3) is 0 Å². The van der Waals surface area contributed by atoms with Crippen LogP contribution in [0, 0.1) is 23.6 Å². The molecule has 0 saturated heterocycles. The molecule has 3 heterocycles. The van der Waals surface area contributed by atoms with Crippen LogP contribution in [-0.4, -0.2) is 77.5 Å². The normalized spacial score (nSPS) is 18.3. The number of sulfonamides is 1. The van der Waals surface area contributed by atoms with Gasteiger partial charge in [0.15, 0.2) is 0 Å². The first kappa shape index (κ1) is 28.2. The Morgan fingerprint density at radius 1 is 1.21 bits per heavy atom. The first-order chi connectivity index (χ1) is 18.6. The van der Waals surface area contributed by atoms with Crippen molar-refractivity contribution >= 4 is 15.9 Å². The van der Waals surface area contributed by atoms with E-state index in [1.54, 1.807) is 37.5 Å². The quantitative estimate of drug-likeness (QED) is 0.468. The Morgan fingerprint density at radius 2 is 1.95 bits per heavy atom. The fourth-order valence-corrected chi connectivity index (χ4v) is 5.39. The van der Waals surface area contributed by atoms with Crippen molar-refractivity contribution in [2.45, 2.75) is 30.9 Å². The molecule has 11 heteroatoms. The van der Waals surface area contributed by atoms with Crippen molar-refractivity contribution in [3.63, 3.8) is 0 Å². The van der Waals surface area contributed by atoms with Crippen molar-refractivity contribution in [1.82, 2.24) is 19.2 Å². The third-order valence-corrected chi connectivity index (χ3v) is 8.35. The zero-order valence-corrected chi connectivity index (χ0v) is 22.6. The molecule has 9 nitrogen and oxygen atoms in total. The number of hydrogen-bond acceptors (Lipinski definition) is 7. The number of carbonyl (C=O) groups excluding carboxylic acids is 1. The van der Waals surface area contributed by atoms with Crippen molar-refractivity contribution in [1.29, 1.82) is 0 Å². The number of hydrogen-bond donors (Lipinski definition) is 1. The van der Waals surface area contributed by atoms with Crippen LogP contribution in [0.1, 0.15) is 35.3 Å². The maximum absolute atomic E-state index is 14.3. The third-order valence-electron chi connectivity index (χ3n) is 6.50. The molecule has 1 aliphatic rings. The summed E-state index contributed by atoms with van der Waals surface area (Å²) in [5, 5.41) is 9.84. The lowest BCUT2D eigenvalue weighted by Crippen LogP contribution is -2.50. The summed E-state index contributed by atoms with van der Waals surface area (Å²) < 4.78 is 47.8. The summed E-state index contributed by atoms with van der Waals surface area (Å²) >= 11 is 0. The van der Waals surface area contributed by atoms with Crippen LogP contribution in [-0.2, 0) is 10.0 Å². The number of likely N-dealkylation sites (N-methyl/N-ethyl adjacent to an activating group) is 1. The largest absolute Gasteiger partial charge is 0.472 e. The number of aliphatic hydroxyl groups is 1. The monoisotopic (exact) mass is 552 g/mol. The highest BCUT2D eigenvalue weighted by Crippen LogP contribution is 2.28. The molecular weight excluding hydrogens is 523 g/mol. The van der Waals surface area contributed by atoms with Crippen LogP contribution in [0.4, 0.5) is 4.39 Å². The number of pyridine rings is 2. The maximum atomic E-state index is 14.3. The molecule has 1 aromatic carbocycles. The van der Waals surface area contributed by atoms with Gasteiger partial charge in [-0.3, -0.25) is 9.78 Å². The fraction of sp³-hybridized carbons (Fsp3) is 0.321. The number of halogens is 1. The Kier molecular flexibility index (Phi) is 8.60. The number of fused-ring (bicyclic) bond motifs is 1. The molecule has 0 spiro atoms. The van der Waals surface area contributed by atoms with E-state index in [9.17, 15) is 22.7 Å². The van der Waals surface area contributed by atoms with Crippen LogP contribution < -0.4 is 4.74 Å². The van der Waals surface area contributed by atoms with E-state index in [1.807, 2.05) is 6.92 Å². The third kappa shape index (κ3) is 6.25. The van der Waals surface area contributed by atoms with Crippen LogP contribution in [0.3, 0.4) is 0 Å². The Balaban J connectivity index is 1.69. The smallest absolute Gasteiger partial charge is 0.259 e. The minimum atomic E-state index is -4.16. The second kappa shape index (κ2) is 11.9. The van der Waals surface area contributed by atoms with Gasteiger partial charge in [0.25, 0.3) is 5.91 Å². The molecule has 0 unspecified atom stereocenters. The topological polar surface area (TPSA) is 113 Å². The fourth-order valence-electron chi connectivity index (χ4n) is 4.14. The highest BCUT2D eigenvalue weighted by atomic mass is 32.2. The van der Waals surface area contributed by atoms with Gasteiger partial charge in [-0.1, -0.05) is 30.9 Å². The second-order valence-corrected chi connectivity index (χ2v) is 11.4. The summed E-state index contributed by atoms with van der Waals surface area (Å²) in [7, 11) is -2.81. The van der Waals surface area contributed by atoms with Gasteiger partial charge in [-0.15, -0.1) is 0 Å². The van der Waals surface area contributed by atoms with Gasteiger partial charge in [0, 0.05) is 49.2 Å². The zero-order chi connectivity index (χ0) is 28.2. The van der Waals surface area contributed by atoms with Gasteiger partial charge in [-0.05, 0) is 37.3 Å². The molecule has 0 bridgehead atoms. The molecule has 1 N–H and O–H groups in total. The molecule has 3 atom stereocenters. The Hall–Kier alpha value is -3.85. The van der Waals surface area contributed by atoms with E-state index < -0.39 is 32.9 Å². The number of carbonyl (C=O) groups is 1. The SMILES string of the molecule is C[C@@H]1CN([C@@H](C)CO)C(=O)c2cc(C#Cc3cccnc3)cnc2O[C@@H]1CN(C)S(=O)(=O)c1ccccc1F. The molecule has 0 fully saturated rings. The number of aromatic nitrogens is 2. The standard InChI is InChI=1S/C28H29FN4O5S/c1-19-16-33(20(2)18-34)28(35)23-13-22(11-10-21-7-6-12-30-14-21)15-31-27(23)38-25(19)17-32(3)39(36,37)26-9-5-4-8-24(26)29/h4-9,12-15,19-20,25,34H,16-18H2,1-3H3/t19-,20+,25-/m1/s1. The van der Waals surface area contributed by atoms with E-state index in [0.29, 0.717) is 11.1 Å². The molecule has 204 valence electrons. The molecule has 1 amide bonds. The number of aliphatic hydroxyl groups excluding tert-OH is 1. The average molecular weight is 553 g/mol. The number of nitrogens with zero attached hydrogens (tertiary/aromatic N) is 4. The predicted octanol–water partition coefficient (Wildman–Crippen LogP) is 2.56. The summed E-state index contributed by atoms with van der Waals surface area (Å²) in [6.07, 6.45) is 3.99. The first-order valence-corrected chi connectivity index (χ1v) is 13.8. The maximum Gasteiger partial charge on any atom is 0.259 e. The predicted molar refractivity (Wildman–Crippen MR) is 142 cm³/mol. The number of ether oxygens (including phenoxy) is 1. The first-order valence-electron chi connectivity index (χ1n) is 12.3. The number of amides is 1. The van der Waals surface area contributed by atoms with Crippen LogP contribution >= 0.6 is 0 Å². The Labute approximate surface area is 227 Å². The highest BCUT2D eigenvalue weighted by Gasteiger charge is 2.36. The van der Waals surface area contributed by atoms with Gasteiger partial charge in [-0.25, -0.2) is 17.8 Å². The molecule has 2 aromatic heterocycles. The van der Waals surface area contributed by atoms with Crippen LogP contribution in [0.5, 0.6) is 5.88 Å². The molecule has 39 heavy (non-hydrogen) atoms. The van der Waals surface area contributed by atoms with Gasteiger partial charge >= 0.3 is 0 Å². The van der Waals surface area contributed by atoms with E-state index in [1.165, 1.54) is 36.3 Å². The van der Waals surface area contributed by atoms with Gasteiger partial charge in [0.1, 0.15) is 22.4 Å². The van der Waals surface area contributed by atoms with Crippen LogP contribution in [0.2, 0.25) is 0 Å². The summed E-state index contributed by atoms with van der Waals surface area (Å²) in [5.74, 6) is 4.37. The molecule has 0 radical (unpaired) electrons. The molecular formula is C28H29FN4O5S. The van der Waals surface area contributed by atoms with E-state index in [-0.39, 0.29) is 43.0 Å². The number of benzene rings is 1.